The molecule has 1 aliphatic rings. The van der Waals surface area contributed by atoms with Gasteiger partial charge in [-0.3, -0.25) is 9.59 Å². The first-order valence-corrected chi connectivity index (χ1v) is 5.91. The number of nitrogens with one attached hydrogen (secondary N) is 1. The predicted octanol–water partition coefficient (Wildman–Crippen LogP) is 1.14. The minimum Gasteiger partial charge on any atom is -0.469 e. The van der Waals surface area contributed by atoms with E-state index in [1.54, 1.807) is 0 Å². The first kappa shape index (κ1) is 13.5. The fraction of sp³-hybridized carbons (Fsp3) is 0.750. The Labute approximate surface area is 101 Å². The van der Waals surface area contributed by atoms with Gasteiger partial charge in [0, 0.05) is 6.54 Å². The van der Waals surface area contributed by atoms with Crippen molar-refractivity contribution in [2.45, 2.75) is 38.5 Å². The second-order valence-electron chi connectivity index (χ2n) is 4.34. The van der Waals surface area contributed by atoms with E-state index in [1.165, 1.54) is 7.11 Å². The molecule has 1 N–H and O–H groups in total. The minimum absolute atomic E-state index is 0.143. The highest BCUT2D eigenvalue weighted by molar-refractivity contribution is 5.85. The van der Waals surface area contributed by atoms with Crippen molar-refractivity contribution in [3.63, 3.8) is 0 Å². The molecule has 0 aromatic heterocycles. The molecule has 5 nitrogen and oxygen atoms in total. The summed E-state index contributed by atoms with van der Waals surface area (Å²) in [7, 11) is 1.31. The topological polar surface area (TPSA) is 79.2 Å². The van der Waals surface area contributed by atoms with Crippen LogP contribution in [0.5, 0.6) is 0 Å². The number of hydrogen-bond acceptors (Lipinski definition) is 4. The van der Waals surface area contributed by atoms with Crippen LogP contribution in [0.2, 0.25) is 0 Å². The Bertz CT molecular complexity index is 327. The monoisotopic (exact) mass is 238 g/mol. The van der Waals surface area contributed by atoms with Crippen LogP contribution >= 0.6 is 0 Å². The van der Waals surface area contributed by atoms with Gasteiger partial charge in [-0.1, -0.05) is 19.3 Å². The predicted molar refractivity (Wildman–Crippen MR) is 60.8 cm³/mol. The van der Waals surface area contributed by atoms with Gasteiger partial charge in [-0.15, -0.1) is 0 Å². The van der Waals surface area contributed by atoms with Gasteiger partial charge in [0.2, 0.25) is 5.91 Å². The van der Waals surface area contributed by atoms with Crippen LogP contribution in [-0.2, 0) is 14.3 Å². The van der Waals surface area contributed by atoms with Gasteiger partial charge in [0.15, 0.2) is 0 Å². The second kappa shape index (κ2) is 6.24. The number of carbonyl (C=O) groups is 2. The minimum atomic E-state index is -0.881. The molecule has 0 unspecified atom stereocenters. The number of carbonyl (C=O) groups excluding carboxylic acids is 2. The molecule has 0 spiro atoms. The van der Waals surface area contributed by atoms with E-state index in [-0.39, 0.29) is 24.8 Å². The maximum atomic E-state index is 11.9. The summed E-state index contributed by atoms with van der Waals surface area (Å²) in [6.07, 6.45) is 4.29. The van der Waals surface area contributed by atoms with E-state index < -0.39 is 5.41 Å². The maximum Gasteiger partial charge on any atom is 0.307 e. The van der Waals surface area contributed by atoms with Gasteiger partial charge in [-0.25, -0.2) is 0 Å². The van der Waals surface area contributed by atoms with Crippen molar-refractivity contribution in [3.8, 4) is 6.07 Å². The summed E-state index contributed by atoms with van der Waals surface area (Å²) in [6.45, 7) is 0.231. The van der Waals surface area contributed by atoms with Crippen LogP contribution in [0.4, 0.5) is 0 Å². The number of ether oxygens (including phenoxy) is 1. The highest BCUT2D eigenvalue weighted by atomic mass is 16.5. The van der Waals surface area contributed by atoms with Crippen LogP contribution < -0.4 is 5.32 Å². The van der Waals surface area contributed by atoms with Crippen molar-refractivity contribution in [2.24, 2.45) is 5.41 Å². The molecule has 1 amide bonds. The Kier molecular flexibility index (Phi) is 4.95. The second-order valence-corrected chi connectivity index (χ2v) is 4.34. The zero-order valence-corrected chi connectivity index (χ0v) is 10.1. The number of amides is 1. The number of esters is 1. The normalized spacial score (nSPS) is 17.9. The summed E-state index contributed by atoms with van der Waals surface area (Å²) in [5.41, 5.74) is -0.881. The van der Waals surface area contributed by atoms with E-state index in [9.17, 15) is 9.59 Å². The molecule has 17 heavy (non-hydrogen) atoms. The van der Waals surface area contributed by atoms with Crippen LogP contribution in [0.1, 0.15) is 38.5 Å². The average molecular weight is 238 g/mol. The molecule has 0 saturated heterocycles. The van der Waals surface area contributed by atoms with Crippen LogP contribution in [0.3, 0.4) is 0 Å². The molecular formula is C12H18N2O3. The van der Waals surface area contributed by atoms with Crippen molar-refractivity contribution in [2.75, 3.05) is 13.7 Å². The quantitative estimate of drug-likeness (QED) is 0.745. The molecule has 1 rings (SSSR count). The molecule has 0 aliphatic heterocycles. The maximum absolute atomic E-state index is 11.9. The molecule has 5 heteroatoms. The Morgan fingerprint density at radius 3 is 2.53 bits per heavy atom. The summed E-state index contributed by atoms with van der Waals surface area (Å²) < 4.78 is 4.47. The lowest BCUT2D eigenvalue weighted by molar-refractivity contribution is -0.140. The molecule has 0 heterocycles. The van der Waals surface area contributed by atoms with Crippen LogP contribution in [-0.4, -0.2) is 25.5 Å². The molecule has 0 atom stereocenters. The summed E-state index contributed by atoms with van der Waals surface area (Å²) in [4.78, 5) is 22.8. The van der Waals surface area contributed by atoms with Gasteiger partial charge in [0.1, 0.15) is 5.41 Å². The van der Waals surface area contributed by atoms with E-state index >= 15 is 0 Å². The van der Waals surface area contributed by atoms with Crippen LogP contribution in [0, 0.1) is 16.7 Å². The van der Waals surface area contributed by atoms with Gasteiger partial charge in [0.05, 0.1) is 19.6 Å². The smallest absolute Gasteiger partial charge is 0.307 e. The Morgan fingerprint density at radius 1 is 1.35 bits per heavy atom. The summed E-state index contributed by atoms with van der Waals surface area (Å²) >= 11 is 0. The first-order chi connectivity index (χ1) is 8.14. The Balaban J connectivity index is 2.45. The number of nitrogens with zero attached hydrogens (tertiary/aromatic N) is 1. The van der Waals surface area contributed by atoms with E-state index in [2.05, 4.69) is 16.1 Å². The van der Waals surface area contributed by atoms with Crippen molar-refractivity contribution in [3.05, 3.63) is 0 Å². The molecule has 94 valence electrons. The lowest BCUT2D eigenvalue weighted by Gasteiger charge is -2.29. The number of nitriles is 1. The number of methoxy groups -OCH3 is 1. The standard InChI is InChI=1S/C12H18N2O3/c1-17-10(15)5-8-14-11(16)12(9-13)6-3-2-4-7-12/h2-8H2,1H3,(H,14,16). The molecule has 1 aliphatic carbocycles. The molecule has 0 radical (unpaired) electrons. The highest BCUT2D eigenvalue weighted by Gasteiger charge is 2.39. The molecule has 0 aromatic rings. The van der Waals surface area contributed by atoms with E-state index in [1.807, 2.05) is 0 Å². The number of rotatable bonds is 4. The van der Waals surface area contributed by atoms with Crippen molar-refractivity contribution in [1.29, 1.82) is 5.26 Å². The summed E-state index contributed by atoms with van der Waals surface area (Å²) in [5.74, 6) is -0.608. The van der Waals surface area contributed by atoms with E-state index in [4.69, 9.17) is 5.26 Å². The number of hydrogen-bond donors (Lipinski definition) is 1. The van der Waals surface area contributed by atoms with Gasteiger partial charge in [-0.05, 0) is 12.8 Å². The van der Waals surface area contributed by atoms with E-state index in [0.717, 1.165) is 19.3 Å². The van der Waals surface area contributed by atoms with E-state index in [0.29, 0.717) is 12.8 Å². The van der Waals surface area contributed by atoms with Gasteiger partial charge < -0.3 is 10.1 Å². The van der Waals surface area contributed by atoms with Crippen molar-refractivity contribution < 1.29 is 14.3 Å². The third kappa shape index (κ3) is 3.45. The molecule has 1 saturated carbocycles. The third-order valence-corrected chi connectivity index (χ3v) is 3.20. The molecular weight excluding hydrogens is 220 g/mol. The SMILES string of the molecule is COC(=O)CCNC(=O)C1(C#N)CCCCC1. The first-order valence-electron chi connectivity index (χ1n) is 5.91. The zero-order valence-electron chi connectivity index (χ0n) is 10.1. The Morgan fingerprint density at radius 2 is 2.00 bits per heavy atom. The fourth-order valence-electron chi connectivity index (χ4n) is 2.09. The van der Waals surface area contributed by atoms with Gasteiger partial charge in [-0.2, -0.15) is 5.26 Å². The fourth-order valence-corrected chi connectivity index (χ4v) is 2.09. The van der Waals surface area contributed by atoms with Crippen LogP contribution in [0.15, 0.2) is 0 Å². The summed E-state index contributed by atoms with van der Waals surface area (Å²) in [6, 6.07) is 2.14. The van der Waals surface area contributed by atoms with Gasteiger partial charge >= 0.3 is 5.97 Å². The largest absolute Gasteiger partial charge is 0.469 e. The molecule has 0 aromatic carbocycles. The molecule has 0 bridgehead atoms. The highest BCUT2D eigenvalue weighted by Crippen LogP contribution is 2.35. The average Bonchev–Trinajstić information content (AvgIpc) is 2.39. The zero-order chi connectivity index (χ0) is 12.7. The molecule has 1 fully saturated rings. The van der Waals surface area contributed by atoms with Crippen LogP contribution in [0.25, 0.3) is 0 Å². The Hall–Kier alpha value is -1.57. The lowest BCUT2D eigenvalue weighted by Crippen LogP contribution is -2.42. The third-order valence-electron chi connectivity index (χ3n) is 3.20. The van der Waals surface area contributed by atoms with Crippen molar-refractivity contribution in [1.82, 2.24) is 5.32 Å². The lowest BCUT2D eigenvalue weighted by atomic mass is 9.74. The summed E-state index contributed by atoms with van der Waals surface area (Å²) in [5, 5.41) is 11.8. The van der Waals surface area contributed by atoms with Crippen molar-refractivity contribution >= 4 is 11.9 Å². The van der Waals surface area contributed by atoms with Gasteiger partial charge in [0.25, 0.3) is 0 Å².